The summed E-state index contributed by atoms with van der Waals surface area (Å²) in [6, 6.07) is 0. The fraction of sp³-hybridized carbons (Fsp3) is 0. The van der Waals surface area contributed by atoms with Crippen LogP contribution in [0.15, 0.2) is 0 Å². The van der Waals surface area contributed by atoms with Crippen LogP contribution in [-0.4, -0.2) is 29.4 Å². The maximum atomic E-state index is 9.75. The first-order valence-electron chi connectivity index (χ1n) is 1.98. The average Bonchev–Trinajstić information content (AvgIpc) is 1.59. The fourth-order valence-electron chi connectivity index (χ4n) is 0. The van der Waals surface area contributed by atoms with Crippen molar-refractivity contribution in [2.75, 3.05) is 0 Å². The Bertz CT molecular complexity index is 145. The first-order valence-corrected chi connectivity index (χ1v) is 1.98. The molecule has 0 rings (SSSR count). The van der Waals surface area contributed by atoms with Crippen LogP contribution in [0.2, 0.25) is 0 Å². The molecule has 0 bridgehead atoms. The van der Waals surface area contributed by atoms with Crippen LogP contribution in [-0.2, 0) is 9.59 Å². The third-order valence-electron chi connectivity index (χ3n) is 0.183. The molecular weight excluding hydrogens is 182 g/mol. The molecule has 0 heterocycles. The molecule has 0 unspecified atom stereocenters. The Morgan fingerprint density at radius 1 is 1.00 bits per heavy atom. The molecule has 0 saturated heterocycles. The van der Waals surface area contributed by atoms with Crippen LogP contribution in [0.5, 0.6) is 0 Å². The van der Waals surface area contributed by atoms with Gasteiger partial charge in [0.05, 0.1) is 0 Å². The van der Waals surface area contributed by atoms with Crippen LogP contribution in [0.1, 0.15) is 1.43 Å². The van der Waals surface area contributed by atoms with Gasteiger partial charge in [-0.25, -0.2) is 9.59 Å². The predicted octanol–water partition coefficient (Wildman–Crippen LogP) is -2.43. The van der Waals surface area contributed by atoms with E-state index in [1.807, 2.05) is 0 Å². The smallest absolute Gasteiger partial charge is 1.00 e. The quantitative estimate of drug-likeness (QED) is 0.250. The Morgan fingerprint density at radius 2 is 1.08 bits per heavy atom. The Kier molecular flexibility index (Phi) is 10.2. The van der Waals surface area contributed by atoms with E-state index in [9.17, 15) is 17.3 Å². The molecule has 10 heteroatoms. The number of hydrogen-bond donors (Lipinski definition) is 2. The molecule has 4 nitrogen and oxygen atoms in total. The SMILES string of the molecule is F[B-](F)(F)F.O=C(O)C(=O)O.[H-].[Li+]. The Balaban J connectivity index is -0.0000000546. The van der Waals surface area contributed by atoms with E-state index in [0.29, 0.717) is 0 Å². The fourth-order valence-corrected chi connectivity index (χ4v) is 0. The molecule has 0 spiro atoms. The van der Waals surface area contributed by atoms with Crippen molar-refractivity contribution in [3.8, 4) is 0 Å². The minimum atomic E-state index is -6.00. The summed E-state index contributed by atoms with van der Waals surface area (Å²) in [6.45, 7) is 0. The molecule has 0 aliphatic carbocycles. The molecule has 0 atom stereocenters. The molecule has 0 saturated carbocycles. The summed E-state index contributed by atoms with van der Waals surface area (Å²) in [5, 5.41) is 14.8. The van der Waals surface area contributed by atoms with Crippen molar-refractivity contribution in [1.82, 2.24) is 0 Å². The van der Waals surface area contributed by atoms with Crippen LogP contribution < -0.4 is 18.9 Å². The molecule has 0 aliphatic heterocycles. The first kappa shape index (κ1) is 17.4. The minimum absolute atomic E-state index is 0. The summed E-state index contributed by atoms with van der Waals surface area (Å²) in [7, 11) is -6.00. The average molecular weight is 185 g/mol. The molecule has 0 aliphatic rings. The summed E-state index contributed by atoms with van der Waals surface area (Å²) in [5.41, 5.74) is 0. The summed E-state index contributed by atoms with van der Waals surface area (Å²) >= 11 is 0. The number of carboxylic acids is 2. The van der Waals surface area contributed by atoms with Gasteiger partial charge in [0.1, 0.15) is 0 Å². The summed E-state index contributed by atoms with van der Waals surface area (Å²) in [6.07, 6.45) is 0. The second kappa shape index (κ2) is 7.00. The van der Waals surface area contributed by atoms with Crippen LogP contribution in [0.3, 0.4) is 0 Å². The van der Waals surface area contributed by atoms with Crippen molar-refractivity contribution in [3.63, 3.8) is 0 Å². The Labute approximate surface area is 77.3 Å². The standard InChI is InChI=1S/C2H2O4.BF4.Li.H/c3-1(4)2(5)6;2-1(3,4)5;;/h(H,3,4)(H,5,6);;;/q;-1;+1;-1. The predicted molar refractivity (Wildman–Crippen MR) is 26.6 cm³/mol. The zero-order valence-corrected chi connectivity index (χ0v) is 5.80. The maximum absolute atomic E-state index is 9.75. The number of hydrogen-bond acceptors (Lipinski definition) is 2. The number of rotatable bonds is 0. The van der Waals surface area contributed by atoms with Crippen LogP contribution in [0.4, 0.5) is 17.3 Å². The monoisotopic (exact) mass is 185 g/mol. The number of halogens is 4. The maximum Gasteiger partial charge on any atom is 1.00 e. The zero-order chi connectivity index (χ0) is 9.65. The van der Waals surface area contributed by atoms with Crippen LogP contribution in [0.25, 0.3) is 0 Å². The van der Waals surface area contributed by atoms with E-state index in [0.717, 1.165) is 0 Å². The zero-order valence-electron chi connectivity index (χ0n) is 6.80. The van der Waals surface area contributed by atoms with Gasteiger partial charge in [-0.2, -0.15) is 0 Å². The molecular formula is C2H3BF4LiO4-. The molecule has 0 amide bonds. The van der Waals surface area contributed by atoms with Crippen molar-refractivity contribution < 1.29 is 57.4 Å². The van der Waals surface area contributed by atoms with Gasteiger partial charge in [0.15, 0.2) is 0 Å². The van der Waals surface area contributed by atoms with Gasteiger partial charge in [-0.05, 0) is 0 Å². The van der Waals surface area contributed by atoms with Gasteiger partial charge >= 0.3 is 38.1 Å². The van der Waals surface area contributed by atoms with Gasteiger partial charge in [-0.15, -0.1) is 0 Å². The van der Waals surface area contributed by atoms with Gasteiger partial charge < -0.3 is 28.9 Å². The van der Waals surface area contributed by atoms with Gasteiger partial charge in [0.25, 0.3) is 0 Å². The van der Waals surface area contributed by atoms with Crippen molar-refractivity contribution in [2.45, 2.75) is 0 Å². The molecule has 0 aromatic carbocycles. The van der Waals surface area contributed by atoms with E-state index in [2.05, 4.69) is 0 Å². The van der Waals surface area contributed by atoms with Gasteiger partial charge in [0, 0.05) is 0 Å². The largest absolute Gasteiger partial charge is 1.00 e. The first-order chi connectivity index (χ1) is 4.64. The van der Waals surface area contributed by atoms with Gasteiger partial charge in [-0.1, -0.05) is 0 Å². The van der Waals surface area contributed by atoms with E-state index in [1.54, 1.807) is 0 Å². The number of carboxylic acid groups (broad SMARTS) is 2. The van der Waals surface area contributed by atoms with Crippen LogP contribution in [0, 0.1) is 0 Å². The molecule has 0 aromatic heterocycles. The van der Waals surface area contributed by atoms with Gasteiger partial charge in [0.2, 0.25) is 0 Å². The molecule has 12 heavy (non-hydrogen) atoms. The Hall–Kier alpha value is -0.678. The van der Waals surface area contributed by atoms with E-state index >= 15 is 0 Å². The molecule has 0 aromatic rings. The van der Waals surface area contributed by atoms with Gasteiger partial charge in [-0.3, -0.25) is 0 Å². The topological polar surface area (TPSA) is 74.6 Å². The second-order valence-corrected chi connectivity index (χ2v) is 1.11. The third kappa shape index (κ3) is 58.5. The van der Waals surface area contributed by atoms with E-state index in [-0.39, 0.29) is 20.3 Å². The van der Waals surface area contributed by atoms with Crippen molar-refractivity contribution in [3.05, 3.63) is 0 Å². The summed E-state index contributed by atoms with van der Waals surface area (Å²) < 4.78 is 39.0. The molecule has 2 N–H and O–H groups in total. The normalized spacial score (nSPS) is 8.67. The molecule has 0 radical (unpaired) electrons. The number of aliphatic carboxylic acids is 2. The molecule has 0 fully saturated rings. The minimum Gasteiger partial charge on any atom is -1.00 e. The number of carbonyl (C=O) groups is 2. The third-order valence-corrected chi connectivity index (χ3v) is 0.183. The van der Waals surface area contributed by atoms with E-state index in [1.165, 1.54) is 0 Å². The van der Waals surface area contributed by atoms with Crippen molar-refractivity contribution >= 4 is 19.2 Å². The second-order valence-electron chi connectivity index (χ2n) is 1.11. The van der Waals surface area contributed by atoms with Crippen molar-refractivity contribution in [1.29, 1.82) is 0 Å². The summed E-state index contributed by atoms with van der Waals surface area (Å²) in [5.74, 6) is -3.65. The Morgan fingerprint density at radius 3 is 1.08 bits per heavy atom. The summed E-state index contributed by atoms with van der Waals surface area (Å²) in [4.78, 5) is 18.2. The van der Waals surface area contributed by atoms with E-state index < -0.39 is 19.2 Å². The van der Waals surface area contributed by atoms with E-state index in [4.69, 9.17) is 19.8 Å². The molecule has 68 valence electrons. The van der Waals surface area contributed by atoms with Crippen molar-refractivity contribution in [2.24, 2.45) is 0 Å². The van der Waals surface area contributed by atoms with Crippen LogP contribution >= 0.6 is 0 Å².